The molecule has 1 aliphatic rings. The number of carbonyl (C=O) groups excluding carboxylic acids is 1. The zero-order valence-corrected chi connectivity index (χ0v) is 13.3. The van der Waals surface area contributed by atoms with Crippen LogP contribution in [0.5, 0.6) is 0 Å². The Morgan fingerprint density at radius 3 is 2.76 bits per heavy atom. The van der Waals surface area contributed by atoms with Crippen molar-refractivity contribution in [2.45, 2.75) is 40.0 Å². The summed E-state index contributed by atoms with van der Waals surface area (Å²) >= 11 is 0. The van der Waals surface area contributed by atoms with Crippen molar-refractivity contribution < 1.29 is 9.18 Å². The predicted octanol–water partition coefficient (Wildman–Crippen LogP) is 4.29. The summed E-state index contributed by atoms with van der Waals surface area (Å²) < 4.78 is 13.4. The van der Waals surface area contributed by atoms with Gasteiger partial charge in [0.05, 0.1) is 0 Å². The molecule has 1 aliphatic carbocycles. The largest absolute Gasteiger partial charge is 0.371 e. The van der Waals surface area contributed by atoms with Crippen LogP contribution in [-0.4, -0.2) is 18.9 Å². The van der Waals surface area contributed by atoms with Crippen LogP contribution >= 0.6 is 0 Å². The molecular weight excluding hydrogens is 265 g/mol. The van der Waals surface area contributed by atoms with Gasteiger partial charge in [-0.2, -0.15) is 0 Å². The van der Waals surface area contributed by atoms with Crippen molar-refractivity contribution in [3.63, 3.8) is 0 Å². The molecule has 0 aliphatic heterocycles. The lowest BCUT2D eigenvalue weighted by Crippen LogP contribution is -2.37. The Morgan fingerprint density at radius 1 is 1.38 bits per heavy atom. The first-order valence-corrected chi connectivity index (χ1v) is 8.04. The van der Waals surface area contributed by atoms with Gasteiger partial charge in [0, 0.05) is 31.1 Å². The number of carbonyl (C=O) groups is 1. The highest BCUT2D eigenvalue weighted by Gasteiger charge is 2.31. The molecule has 2 atom stereocenters. The van der Waals surface area contributed by atoms with E-state index in [9.17, 15) is 9.18 Å². The second kappa shape index (κ2) is 7.06. The quantitative estimate of drug-likeness (QED) is 0.806. The molecule has 21 heavy (non-hydrogen) atoms. The predicted molar refractivity (Wildman–Crippen MR) is 85.0 cm³/mol. The number of hydrogen-bond acceptors (Lipinski definition) is 2. The van der Waals surface area contributed by atoms with Gasteiger partial charge in [0.25, 0.3) is 0 Å². The summed E-state index contributed by atoms with van der Waals surface area (Å²) in [5.41, 5.74) is 0.872. The summed E-state index contributed by atoms with van der Waals surface area (Å²) in [6.45, 7) is 8.03. The zero-order valence-electron chi connectivity index (χ0n) is 13.3. The Hall–Kier alpha value is -1.38. The highest BCUT2D eigenvalue weighted by Crippen LogP contribution is 2.32. The van der Waals surface area contributed by atoms with Crippen molar-refractivity contribution in [3.05, 3.63) is 30.1 Å². The van der Waals surface area contributed by atoms with E-state index in [-0.39, 0.29) is 11.7 Å². The average Bonchev–Trinajstić information content (AvgIpc) is 2.46. The van der Waals surface area contributed by atoms with E-state index in [1.54, 1.807) is 12.1 Å². The van der Waals surface area contributed by atoms with Gasteiger partial charge in [-0.3, -0.25) is 4.79 Å². The maximum absolute atomic E-state index is 13.4. The van der Waals surface area contributed by atoms with Gasteiger partial charge in [0.1, 0.15) is 11.6 Å². The van der Waals surface area contributed by atoms with Crippen LogP contribution in [0.25, 0.3) is 0 Å². The molecule has 2 rings (SSSR count). The number of benzene rings is 1. The lowest BCUT2D eigenvalue weighted by atomic mass is 9.75. The Kier molecular flexibility index (Phi) is 5.38. The Balaban J connectivity index is 2.08. The average molecular weight is 291 g/mol. The highest BCUT2D eigenvalue weighted by molar-refractivity contribution is 5.82. The van der Waals surface area contributed by atoms with Crippen LogP contribution in [0.2, 0.25) is 0 Å². The van der Waals surface area contributed by atoms with Gasteiger partial charge >= 0.3 is 0 Å². The summed E-state index contributed by atoms with van der Waals surface area (Å²) in [5, 5.41) is 0. The summed E-state index contributed by atoms with van der Waals surface area (Å²) in [5.74, 6) is 1.51. The van der Waals surface area contributed by atoms with Crippen LogP contribution in [0, 0.1) is 23.6 Å². The summed E-state index contributed by atoms with van der Waals surface area (Å²) in [7, 11) is 0. The first kappa shape index (κ1) is 16.0. The molecule has 1 fully saturated rings. The van der Waals surface area contributed by atoms with Gasteiger partial charge in [-0.15, -0.1) is 0 Å². The zero-order chi connectivity index (χ0) is 15.4. The molecule has 0 aromatic heterocycles. The van der Waals surface area contributed by atoms with E-state index in [1.165, 1.54) is 6.07 Å². The molecule has 0 N–H and O–H groups in total. The number of Topliss-reactive ketones (excluding diaryl/α,β-unsaturated/α-hetero) is 1. The standard InChI is InChI=1S/C18H26FNO/c1-4-20(17-7-5-6-16(19)11-17)12-15-10-14(13(2)3)8-9-18(15)21/h5-7,11,13-15H,4,8-10,12H2,1-3H3. The van der Waals surface area contributed by atoms with Crippen LogP contribution in [-0.2, 0) is 4.79 Å². The van der Waals surface area contributed by atoms with Crippen molar-refractivity contribution >= 4 is 11.5 Å². The third-order valence-electron chi connectivity index (χ3n) is 4.74. The molecule has 0 bridgehead atoms. The molecule has 0 amide bonds. The third kappa shape index (κ3) is 4.05. The maximum Gasteiger partial charge on any atom is 0.137 e. The summed E-state index contributed by atoms with van der Waals surface area (Å²) in [6, 6.07) is 6.65. The second-order valence-corrected chi connectivity index (χ2v) is 6.46. The van der Waals surface area contributed by atoms with Crippen molar-refractivity contribution in [3.8, 4) is 0 Å². The number of halogens is 1. The van der Waals surface area contributed by atoms with Gasteiger partial charge in [-0.25, -0.2) is 4.39 Å². The van der Waals surface area contributed by atoms with Gasteiger partial charge in [0.2, 0.25) is 0 Å². The topological polar surface area (TPSA) is 20.3 Å². The SMILES string of the molecule is CCN(CC1CC(C(C)C)CCC1=O)c1cccc(F)c1. The fourth-order valence-electron chi connectivity index (χ4n) is 3.28. The van der Waals surface area contributed by atoms with Crippen LogP contribution in [0.15, 0.2) is 24.3 Å². The molecule has 1 aromatic carbocycles. The van der Waals surface area contributed by atoms with E-state index < -0.39 is 0 Å². The molecular formula is C18H26FNO. The Labute approximate surface area is 127 Å². The van der Waals surface area contributed by atoms with Crippen molar-refractivity contribution in [2.75, 3.05) is 18.0 Å². The lowest BCUT2D eigenvalue weighted by molar-refractivity contribution is -0.125. The van der Waals surface area contributed by atoms with E-state index in [2.05, 4.69) is 25.7 Å². The minimum absolute atomic E-state index is 0.0920. The maximum atomic E-state index is 13.4. The lowest BCUT2D eigenvalue weighted by Gasteiger charge is -2.34. The molecule has 2 nitrogen and oxygen atoms in total. The van der Waals surface area contributed by atoms with Crippen LogP contribution < -0.4 is 4.90 Å². The normalized spacial score (nSPS) is 22.6. The number of anilines is 1. The molecule has 0 spiro atoms. The van der Waals surface area contributed by atoms with Crippen molar-refractivity contribution in [1.29, 1.82) is 0 Å². The first-order chi connectivity index (χ1) is 10.0. The molecule has 1 saturated carbocycles. The van der Waals surface area contributed by atoms with Gasteiger partial charge in [0.15, 0.2) is 0 Å². The van der Waals surface area contributed by atoms with Crippen LogP contribution in [0.3, 0.4) is 0 Å². The smallest absolute Gasteiger partial charge is 0.137 e. The minimum atomic E-state index is -0.221. The van der Waals surface area contributed by atoms with E-state index in [0.29, 0.717) is 30.6 Å². The fourth-order valence-corrected chi connectivity index (χ4v) is 3.28. The van der Waals surface area contributed by atoms with E-state index >= 15 is 0 Å². The van der Waals surface area contributed by atoms with E-state index in [0.717, 1.165) is 25.1 Å². The van der Waals surface area contributed by atoms with E-state index in [4.69, 9.17) is 0 Å². The van der Waals surface area contributed by atoms with E-state index in [1.807, 2.05) is 6.07 Å². The Morgan fingerprint density at radius 2 is 2.14 bits per heavy atom. The Bertz CT molecular complexity index is 486. The molecule has 0 heterocycles. The molecule has 116 valence electrons. The third-order valence-corrected chi connectivity index (χ3v) is 4.74. The molecule has 0 saturated heterocycles. The highest BCUT2D eigenvalue weighted by atomic mass is 19.1. The van der Waals surface area contributed by atoms with Gasteiger partial charge < -0.3 is 4.90 Å². The molecule has 0 radical (unpaired) electrons. The second-order valence-electron chi connectivity index (χ2n) is 6.46. The molecule has 3 heteroatoms. The number of nitrogens with zero attached hydrogens (tertiary/aromatic N) is 1. The van der Waals surface area contributed by atoms with Gasteiger partial charge in [-0.1, -0.05) is 19.9 Å². The minimum Gasteiger partial charge on any atom is -0.371 e. The van der Waals surface area contributed by atoms with Crippen molar-refractivity contribution in [1.82, 2.24) is 0 Å². The summed E-state index contributed by atoms with van der Waals surface area (Å²) in [6.07, 6.45) is 2.70. The first-order valence-electron chi connectivity index (χ1n) is 8.04. The van der Waals surface area contributed by atoms with Crippen molar-refractivity contribution in [2.24, 2.45) is 17.8 Å². The monoisotopic (exact) mass is 291 g/mol. The molecule has 1 aromatic rings. The number of ketones is 1. The van der Waals surface area contributed by atoms with Crippen LogP contribution in [0.1, 0.15) is 40.0 Å². The molecule has 2 unspecified atom stereocenters. The number of hydrogen-bond donors (Lipinski definition) is 0. The van der Waals surface area contributed by atoms with Gasteiger partial charge in [-0.05, 0) is 49.8 Å². The summed E-state index contributed by atoms with van der Waals surface area (Å²) in [4.78, 5) is 14.3. The number of rotatable bonds is 5. The van der Waals surface area contributed by atoms with Crippen LogP contribution in [0.4, 0.5) is 10.1 Å². The fraction of sp³-hybridized carbons (Fsp3) is 0.611.